The summed E-state index contributed by atoms with van der Waals surface area (Å²) >= 11 is 0. The number of amides is 5. The zero-order valence-corrected chi connectivity index (χ0v) is 43.1. The number of halogens is 2. The van der Waals surface area contributed by atoms with Gasteiger partial charge in [0.25, 0.3) is 0 Å². The maximum Gasteiger partial charge on any atom is 0.326 e. The molecule has 0 fully saturated rings. The van der Waals surface area contributed by atoms with Crippen molar-refractivity contribution in [3.63, 3.8) is 0 Å². The van der Waals surface area contributed by atoms with Crippen LogP contribution in [0, 0.1) is 28.9 Å². The summed E-state index contributed by atoms with van der Waals surface area (Å²) in [6.07, 6.45) is 0.851. The minimum absolute atomic E-state index is 0.00954. The van der Waals surface area contributed by atoms with Gasteiger partial charge in [-0.25, -0.2) is 13.6 Å². The Kier molecular flexibility index (Phi) is 24.7. The monoisotopic (exact) mass is 1040 g/mol. The second-order valence-electron chi connectivity index (χ2n) is 19.9. The largest absolute Gasteiger partial charge is 0.481 e. The fourth-order valence-electron chi connectivity index (χ4n) is 8.31. The molecule has 0 spiro atoms. The predicted molar refractivity (Wildman–Crippen MR) is 270 cm³/mol. The van der Waals surface area contributed by atoms with E-state index in [1.54, 1.807) is 26.1 Å². The van der Waals surface area contributed by atoms with Crippen LogP contribution in [-0.2, 0) is 49.7 Å². The summed E-state index contributed by atoms with van der Waals surface area (Å²) in [6, 6.07) is 10.1. The number of aromatic nitrogens is 1. The SMILES string of the molecule is CC(C)[C@H](NC(=O)CCC(=O)CCC(=O)O)C(=O)C[C@@H](C)C(=O)N[C@@H](CCCCNC(=O)CCNC(=O)[C@@H](N)CCN(C(=O)CO)[C@@H](c1cc(-c2cc(F)ccc2F)cn1Cc1ccccc1)C(C)(C)C)C(=O)O. The molecule has 1 heterocycles. The molecule has 0 aliphatic carbocycles. The molecule has 406 valence electrons. The van der Waals surface area contributed by atoms with Crippen LogP contribution in [-0.4, -0.2) is 122 Å². The topological polar surface area (TPSA) is 297 Å². The number of carbonyl (C=O) groups excluding carboxylic acids is 7. The number of carboxylic acids is 2. The Morgan fingerprint density at radius 2 is 1.45 bits per heavy atom. The van der Waals surface area contributed by atoms with Crippen molar-refractivity contribution in [3.05, 3.63) is 83.7 Å². The summed E-state index contributed by atoms with van der Waals surface area (Å²) in [5.41, 5.74) is 7.46. The zero-order chi connectivity index (χ0) is 55.3. The van der Waals surface area contributed by atoms with Gasteiger partial charge in [0.15, 0.2) is 5.78 Å². The Balaban J connectivity index is 1.50. The number of hydrogen-bond donors (Lipinski definition) is 8. The number of Topliss-reactive ketones (excluding diaryl/α,β-unsaturated/α-hetero) is 2. The molecule has 0 radical (unpaired) electrons. The van der Waals surface area contributed by atoms with Gasteiger partial charge in [0.1, 0.15) is 30.1 Å². The average Bonchev–Trinajstić information content (AvgIpc) is 3.74. The van der Waals surface area contributed by atoms with Crippen LogP contribution >= 0.6 is 0 Å². The highest BCUT2D eigenvalue weighted by molar-refractivity contribution is 5.94. The lowest BCUT2D eigenvalue weighted by molar-refractivity contribution is -0.143. The molecule has 3 aromatic rings. The number of nitrogens with two attached hydrogens (primary N) is 1. The highest BCUT2D eigenvalue weighted by Crippen LogP contribution is 2.41. The average molecular weight is 1040 g/mol. The van der Waals surface area contributed by atoms with E-state index in [1.807, 2.05) is 55.7 Å². The van der Waals surface area contributed by atoms with Gasteiger partial charge in [-0.1, -0.05) is 71.9 Å². The van der Waals surface area contributed by atoms with Crippen LogP contribution in [0.2, 0.25) is 0 Å². The van der Waals surface area contributed by atoms with Crippen molar-refractivity contribution in [2.45, 2.75) is 136 Å². The zero-order valence-electron chi connectivity index (χ0n) is 43.1. The van der Waals surface area contributed by atoms with Gasteiger partial charge in [-0.05, 0) is 66.8 Å². The normalized spacial score (nSPS) is 13.4. The molecule has 0 bridgehead atoms. The van der Waals surface area contributed by atoms with E-state index < -0.39 is 107 Å². The summed E-state index contributed by atoms with van der Waals surface area (Å²) in [6.45, 7) is 9.95. The lowest BCUT2D eigenvalue weighted by Gasteiger charge is -2.41. The summed E-state index contributed by atoms with van der Waals surface area (Å²) in [7, 11) is 0. The van der Waals surface area contributed by atoms with Crippen molar-refractivity contribution < 1.29 is 67.3 Å². The number of nitrogens with zero attached hydrogens (tertiary/aromatic N) is 2. The first-order valence-corrected chi connectivity index (χ1v) is 24.8. The van der Waals surface area contributed by atoms with Gasteiger partial charge in [-0.15, -0.1) is 0 Å². The fourth-order valence-corrected chi connectivity index (χ4v) is 8.31. The number of carboxylic acid groups (broad SMARTS) is 2. The van der Waals surface area contributed by atoms with Crippen LogP contribution < -0.4 is 27.0 Å². The van der Waals surface area contributed by atoms with Crippen molar-refractivity contribution in [1.82, 2.24) is 30.7 Å². The van der Waals surface area contributed by atoms with E-state index in [2.05, 4.69) is 21.3 Å². The molecule has 9 N–H and O–H groups in total. The Morgan fingerprint density at radius 1 is 0.770 bits per heavy atom. The lowest BCUT2D eigenvalue weighted by atomic mass is 9.82. The third kappa shape index (κ3) is 20.2. The van der Waals surface area contributed by atoms with Crippen molar-refractivity contribution in [2.75, 3.05) is 26.2 Å². The first-order valence-electron chi connectivity index (χ1n) is 24.8. The van der Waals surface area contributed by atoms with E-state index in [0.717, 1.165) is 23.8 Å². The molecule has 19 nitrogen and oxygen atoms in total. The number of unbranched alkanes of at least 4 members (excludes halogenated alkanes) is 1. The number of benzene rings is 2. The van der Waals surface area contributed by atoms with Gasteiger partial charge < -0.3 is 51.8 Å². The molecule has 74 heavy (non-hydrogen) atoms. The number of ketones is 2. The van der Waals surface area contributed by atoms with Gasteiger partial charge in [-0.3, -0.25) is 38.4 Å². The van der Waals surface area contributed by atoms with Crippen LogP contribution in [0.15, 0.2) is 60.8 Å². The Hall–Kier alpha value is -6.87. The molecule has 21 heteroatoms. The summed E-state index contributed by atoms with van der Waals surface area (Å²) < 4.78 is 31.4. The minimum atomic E-state index is -1.30. The predicted octanol–water partition coefficient (Wildman–Crippen LogP) is 4.42. The molecule has 1 aromatic heterocycles. The van der Waals surface area contributed by atoms with Gasteiger partial charge in [-0.2, -0.15) is 0 Å². The number of carbonyl (C=O) groups is 9. The summed E-state index contributed by atoms with van der Waals surface area (Å²) in [5, 5.41) is 39.0. The van der Waals surface area contributed by atoms with E-state index in [4.69, 9.17) is 10.8 Å². The first kappa shape index (κ1) is 61.4. The summed E-state index contributed by atoms with van der Waals surface area (Å²) in [4.78, 5) is 114. The molecule has 0 aliphatic rings. The van der Waals surface area contributed by atoms with Crippen LogP contribution in [0.5, 0.6) is 0 Å². The van der Waals surface area contributed by atoms with E-state index in [9.17, 15) is 57.8 Å². The molecule has 0 aliphatic heterocycles. The van der Waals surface area contributed by atoms with Crippen LogP contribution in [0.3, 0.4) is 0 Å². The minimum Gasteiger partial charge on any atom is -0.481 e. The van der Waals surface area contributed by atoms with Crippen molar-refractivity contribution in [3.8, 4) is 11.1 Å². The third-order valence-corrected chi connectivity index (χ3v) is 12.3. The molecular formula is C53H73F2N7O12. The molecule has 5 atom stereocenters. The highest BCUT2D eigenvalue weighted by Gasteiger charge is 2.38. The van der Waals surface area contributed by atoms with Crippen molar-refractivity contribution >= 4 is 53.0 Å². The number of aliphatic hydroxyl groups excluding tert-OH is 1. The molecular weight excluding hydrogens is 965 g/mol. The van der Waals surface area contributed by atoms with E-state index >= 15 is 4.39 Å². The van der Waals surface area contributed by atoms with E-state index in [0.29, 0.717) is 24.2 Å². The molecule has 0 saturated carbocycles. The molecule has 2 aromatic carbocycles. The highest BCUT2D eigenvalue weighted by atomic mass is 19.1. The molecule has 3 rings (SSSR count). The van der Waals surface area contributed by atoms with E-state index in [-0.39, 0.29) is 88.9 Å². The molecule has 0 saturated heterocycles. The number of hydrogen-bond acceptors (Lipinski definition) is 11. The van der Waals surface area contributed by atoms with Crippen molar-refractivity contribution in [1.29, 1.82) is 0 Å². The van der Waals surface area contributed by atoms with Crippen LogP contribution in [0.25, 0.3) is 11.1 Å². The maximum absolute atomic E-state index is 15.1. The molecule has 5 amide bonds. The number of nitrogens with one attached hydrogen (secondary N) is 4. The van der Waals surface area contributed by atoms with Gasteiger partial charge in [0.05, 0.1) is 24.5 Å². The number of aliphatic carboxylic acids is 2. The number of aliphatic hydroxyl groups is 1. The van der Waals surface area contributed by atoms with E-state index in [1.165, 1.54) is 11.8 Å². The summed E-state index contributed by atoms with van der Waals surface area (Å²) in [5.74, 6) is -8.84. The standard InChI is InChI=1S/C53H73F2N7O12/c1-32(2)48(60-45(67)19-16-37(64)17-20-47(69)70)43(65)26-33(3)50(71)59-41(52(73)74)14-10-11-23-57-44(66)21-24-58-51(72)40(56)22-25-62(46(68)31-63)49(53(4,5)6)42-27-35(38-28-36(54)15-18-39(38)55)30-61(42)29-34-12-8-7-9-13-34/h7-9,12-13,15,18,27-28,30,32-33,40-41,48-49,63H,10-11,14,16-17,19-26,29,31,56H2,1-6H3,(H,57,66)(H,58,72)(H,59,71)(H,60,67)(H,69,70)(H,73,74)/t33-,40+,41+,48+,49+/m1/s1. The van der Waals surface area contributed by atoms with Crippen molar-refractivity contribution in [2.24, 2.45) is 23.0 Å². The quantitative estimate of drug-likeness (QED) is 0.0403. The Bertz CT molecular complexity index is 2420. The fraction of sp³-hybridized carbons (Fsp3) is 0.528. The lowest BCUT2D eigenvalue weighted by Crippen LogP contribution is -2.47. The number of rotatable bonds is 32. The first-order chi connectivity index (χ1) is 34.8. The van der Waals surface area contributed by atoms with Crippen LogP contribution in [0.4, 0.5) is 8.78 Å². The van der Waals surface area contributed by atoms with Crippen LogP contribution in [0.1, 0.15) is 123 Å². The Labute approximate surface area is 430 Å². The molecule has 0 unspecified atom stereocenters. The Morgan fingerprint density at radius 3 is 2.07 bits per heavy atom. The second kappa shape index (κ2) is 29.7. The maximum atomic E-state index is 15.1. The smallest absolute Gasteiger partial charge is 0.326 e. The van der Waals surface area contributed by atoms with Gasteiger partial charge >= 0.3 is 11.9 Å². The van der Waals surface area contributed by atoms with Gasteiger partial charge in [0, 0.05) is 87.2 Å². The third-order valence-electron chi connectivity index (χ3n) is 12.3. The van der Waals surface area contributed by atoms with Gasteiger partial charge in [0.2, 0.25) is 29.5 Å². The second-order valence-corrected chi connectivity index (χ2v) is 19.9.